The van der Waals surface area contributed by atoms with Crippen molar-refractivity contribution in [2.45, 2.75) is 0 Å². The maximum Gasteiger partial charge on any atom is 0.0972 e. The summed E-state index contributed by atoms with van der Waals surface area (Å²) in [5.41, 5.74) is 14.0. The van der Waals surface area contributed by atoms with Gasteiger partial charge in [-0.15, -0.1) is 0 Å². The van der Waals surface area contributed by atoms with E-state index in [4.69, 9.17) is 19.9 Å². The molecule has 0 aliphatic carbocycles. The number of nitrogens with zero attached hydrogens (tertiary/aromatic N) is 5. The van der Waals surface area contributed by atoms with Crippen LogP contribution < -0.4 is 0 Å². The molecule has 0 radical (unpaired) electrons. The van der Waals surface area contributed by atoms with Gasteiger partial charge in [0.2, 0.25) is 0 Å². The molecule has 0 N–H and O–H groups in total. The third-order valence-corrected chi connectivity index (χ3v) is 10.7. The van der Waals surface area contributed by atoms with E-state index < -0.39 is 0 Å². The van der Waals surface area contributed by atoms with E-state index in [-0.39, 0.29) is 0 Å². The largest absolute Gasteiger partial charge is 0.264 e. The number of hydrogen-bond acceptors (Lipinski definition) is 5. The molecule has 11 rings (SSSR count). The predicted octanol–water partition coefficient (Wildman–Crippen LogP) is 12.8. The van der Waals surface area contributed by atoms with Crippen molar-refractivity contribution in [1.82, 2.24) is 24.9 Å². The van der Waals surface area contributed by atoms with Crippen LogP contribution in [-0.2, 0) is 0 Å². The van der Waals surface area contributed by atoms with E-state index in [0.29, 0.717) is 0 Å². The number of fused-ring (bicyclic) bond motifs is 6. The lowest BCUT2D eigenvalue weighted by Crippen LogP contribution is -1.91. The van der Waals surface area contributed by atoms with E-state index in [0.717, 1.165) is 111 Å². The summed E-state index contributed by atoms with van der Waals surface area (Å²) in [5.74, 6) is 0. The molecule has 0 amide bonds. The van der Waals surface area contributed by atoms with Crippen molar-refractivity contribution in [1.29, 1.82) is 0 Å². The standard InChI is InChI=1S/C51H31N5/c1-2-5-32(6-3-1)45-22-18-36-14-15-37-19-23-46(56-51(37)50(36)55-45)34-11-9-33(10-12-34)44-25-21-40-29-38(20-24-47(40)53-44)39-16-13-35-17-26-48(54-49(35)30-39)43-8-4-7-41-31-52-28-27-42(41)43/h1-31H. The Morgan fingerprint density at radius 1 is 0.304 bits per heavy atom. The lowest BCUT2D eigenvalue weighted by Gasteiger charge is -2.10. The summed E-state index contributed by atoms with van der Waals surface area (Å²) in [6.45, 7) is 0. The maximum absolute atomic E-state index is 5.15. The first-order valence-electron chi connectivity index (χ1n) is 18.7. The molecular weight excluding hydrogens is 683 g/mol. The molecule has 0 spiro atoms. The Morgan fingerprint density at radius 2 is 0.857 bits per heavy atom. The first kappa shape index (κ1) is 31.9. The first-order chi connectivity index (χ1) is 27.7. The average molecular weight is 714 g/mol. The molecule has 5 heteroatoms. The summed E-state index contributed by atoms with van der Waals surface area (Å²) in [4.78, 5) is 24.7. The Hall–Kier alpha value is -7.63. The summed E-state index contributed by atoms with van der Waals surface area (Å²) < 4.78 is 0. The summed E-state index contributed by atoms with van der Waals surface area (Å²) in [5, 5.41) is 6.59. The molecule has 5 aromatic heterocycles. The molecule has 0 fully saturated rings. The van der Waals surface area contributed by atoms with Gasteiger partial charge < -0.3 is 0 Å². The Morgan fingerprint density at radius 3 is 1.61 bits per heavy atom. The van der Waals surface area contributed by atoms with Gasteiger partial charge in [-0.25, -0.2) is 19.9 Å². The fraction of sp³-hybridized carbons (Fsp3) is 0. The van der Waals surface area contributed by atoms with E-state index in [1.165, 1.54) is 0 Å². The van der Waals surface area contributed by atoms with Gasteiger partial charge in [0, 0.05) is 61.6 Å². The number of benzene rings is 6. The lowest BCUT2D eigenvalue weighted by atomic mass is 9.99. The van der Waals surface area contributed by atoms with Gasteiger partial charge in [-0.2, -0.15) is 0 Å². The SMILES string of the molecule is c1ccc(-c2ccc3ccc4ccc(-c5ccc(-c6ccc7cc(-c8ccc9ccc(-c%10cccc%11cnccc%10%11)nc9c8)ccc7n6)cc5)nc4c3n2)cc1. The Kier molecular flexibility index (Phi) is 7.42. The van der Waals surface area contributed by atoms with Crippen LogP contribution in [0.3, 0.4) is 0 Å². The number of aromatic nitrogens is 5. The van der Waals surface area contributed by atoms with Crippen LogP contribution in [0.25, 0.3) is 111 Å². The zero-order chi connectivity index (χ0) is 37.0. The maximum atomic E-state index is 5.15. The van der Waals surface area contributed by atoms with E-state index >= 15 is 0 Å². The second kappa shape index (κ2) is 13.0. The Bertz CT molecular complexity index is 3300. The van der Waals surface area contributed by atoms with Crippen LogP contribution in [0, 0.1) is 0 Å². The summed E-state index contributed by atoms with van der Waals surface area (Å²) >= 11 is 0. The minimum Gasteiger partial charge on any atom is -0.264 e. The highest BCUT2D eigenvalue weighted by atomic mass is 14.8. The quantitative estimate of drug-likeness (QED) is 0.166. The monoisotopic (exact) mass is 713 g/mol. The van der Waals surface area contributed by atoms with Gasteiger partial charge in [-0.3, -0.25) is 4.98 Å². The topological polar surface area (TPSA) is 64.5 Å². The van der Waals surface area contributed by atoms with Crippen LogP contribution in [0.2, 0.25) is 0 Å². The van der Waals surface area contributed by atoms with E-state index in [1.54, 1.807) is 0 Å². The molecule has 0 saturated heterocycles. The third kappa shape index (κ3) is 5.62. The molecule has 56 heavy (non-hydrogen) atoms. The van der Waals surface area contributed by atoms with Crippen LogP contribution in [0.1, 0.15) is 0 Å². The Labute approximate surface area is 322 Å². The summed E-state index contributed by atoms with van der Waals surface area (Å²) in [7, 11) is 0. The van der Waals surface area contributed by atoms with Gasteiger partial charge in [0.25, 0.3) is 0 Å². The molecule has 260 valence electrons. The highest BCUT2D eigenvalue weighted by molar-refractivity contribution is 6.04. The van der Waals surface area contributed by atoms with Crippen molar-refractivity contribution < 1.29 is 0 Å². The second-order valence-corrected chi connectivity index (χ2v) is 14.2. The molecule has 0 unspecified atom stereocenters. The zero-order valence-corrected chi connectivity index (χ0v) is 30.1. The number of pyridine rings is 5. The molecule has 0 saturated carbocycles. The average Bonchev–Trinajstić information content (AvgIpc) is 3.28. The van der Waals surface area contributed by atoms with Gasteiger partial charge in [0.1, 0.15) is 0 Å². The lowest BCUT2D eigenvalue weighted by molar-refractivity contribution is 1.36. The normalized spacial score (nSPS) is 11.6. The van der Waals surface area contributed by atoms with Crippen LogP contribution in [-0.4, -0.2) is 24.9 Å². The van der Waals surface area contributed by atoms with Gasteiger partial charge in [0.15, 0.2) is 0 Å². The van der Waals surface area contributed by atoms with Crippen LogP contribution >= 0.6 is 0 Å². The molecule has 6 aromatic carbocycles. The van der Waals surface area contributed by atoms with Gasteiger partial charge >= 0.3 is 0 Å². The van der Waals surface area contributed by atoms with Crippen LogP contribution in [0.5, 0.6) is 0 Å². The molecule has 0 bridgehead atoms. The van der Waals surface area contributed by atoms with E-state index in [1.807, 2.05) is 30.6 Å². The van der Waals surface area contributed by atoms with Gasteiger partial charge in [0.05, 0.1) is 44.8 Å². The first-order valence-corrected chi connectivity index (χ1v) is 18.7. The zero-order valence-electron chi connectivity index (χ0n) is 30.1. The van der Waals surface area contributed by atoms with Crippen molar-refractivity contribution in [3.05, 3.63) is 188 Å². The van der Waals surface area contributed by atoms with Crippen molar-refractivity contribution in [3.8, 4) is 56.2 Å². The van der Waals surface area contributed by atoms with E-state index in [2.05, 4.69) is 163 Å². The second-order valence-electron chi connectivity index (χ2n) is 14.2. The molecule has 0 atom stereocenters. The molecule has 5 nitrogen and oxygen atoms in total. The molecular formula is C51H31N5. The molecule has 5 heterocycles. The third-order valence-electron chi connectivity index (χ3n) is 10.7. The van der Waals surface area contributed by atoms with Crippen molar-refractivity contribution in [2.75, 3.05) is 0 Å². The van der Waals surface area contributed by atoms with Crippen molar-refractivity contribution >= 4 is 54.4 Å². The van der Waals surface area contributed by atoms with Crippen LogP contribution in [0.15, 0.2) is 188 Å². The van der Waals surface area contributed by atoms with Crippen molar-refractivity contribution in [3.63, 3.8) is 0 Å². The minimum absolute atomic E-state index is 0.904. The summed E-state index contributed by atoms with van der Waals surface area (Å²) in [6.07, 6.45) is 3.74. The predicted molar refractivity (Wildman–Crippen MR) is 230 cm³/mol. The molecule has 0 aliphatic heterocycles. The number of hydrogen-bond donors (Lipinski definition) is 0. The van der Waals surface area contributed by atoms with Crippen molar-refractivity contribution in [2.24, 2.45) is 0 Å². The van der Waals surface area contributed by atoms with Crippen LogP contribution in [0.4, 0.5) is 0 Å². The highest BCUT2D eigenvalue weighted by Gasteiger charge is 2.12. The smallest absolute Gasteiger partial charge is 0.0972 e. The van der Waals surface area contributed by atoms with Gasteiger partial charge in [-0.1, -0.05) is 127 Å². The summed E-state index contributed by atoms with van der Waals surface area (Å²) in [6, 6.07) is 61.3. The highest BCUT2D eigenvalue weighted by Crippen LogP contribution is 2.33. The van der Waals surface area contributed by atoms with E-state index in [9.17, 15) is 0 Å². The molecule has 11 aromatic rings. The fourth-order valence-corrected chi connectivity index (χ4v) is 7.77. The van der Waals surface area contributed by atoms with Gasteiger partial charge in [-0.05, 0) is 65.0 Å². The number of rotatable bonds is 5. The Balaban J connectivity index is 0.880. The fourth-order valence-electron chi connectivity index (χ4n) is 7.77. The minimum atomic E-state index is 0.904. The molecule has 0 aliphatic rings.